The number of hydrogen-bond acceptors (Lipinski definition) is 3. The summed E-state index contributed by atoms with van der Waals surface area (Å²) in [5.74, 6) is 0.348. The van der Waals surface area contributed by atoms with Crippen molar-refractivity contribution < 1.29 is 14.3 Å². The Morgan fingerprint density at radius 3 is 2.62 bits per heavy atom. The zero-order valence-corrected chi connectivity index (χ0v) is 8.34. The van der Waals surface area contributed by atoms with Crippen molar-refractivity contribution in [3.8, 4) is 0 Å². The summed E-state index contributed by atoms with van der Waals surface area (Å²) in [5.41, 5.74) is -0.653. The molecule has 0 radical (unpaired) electrons. The zero-order chi connectivity index (χ0) is 9.90. The van der Waals surface area contributed by atoms with Gasteiger partial charge in [0.1, 0.15) is 13.5 Å². The fraction of sp³-hybridized carbons (Fsp3) is 0.800. The smallest absolute Gasteiger partial charge is 0.335 e. The van der Waals surface area contributed by atoms with E-state index in [4.69, 9.17) is 9.47 Å². The van der Waals surface area contributed by atoms with E-state index in [1.807, 2.05) is 0 Å². The average molecular weight is 185 g/mol. The SMILES string of the molecule is [CH2+]C(C)(C)OC(=O)COCC1CC1. The summed E-state index contributed by atoms with van der Waals surface area (Å²) in [6, 6.07) is 0. The molecule has 0 spiro atoms. The first-order valence-electron chi connectivity index (χ1n) is 4.62. The summed E-state index contributed by atoms with van der Waals surface area (Å²) < 4.78 is 10.1. The quantitative estimate of drug-likeness (QED) is 0.481. The third kappa shape index (κ3) is 5.53. The molecule has 74 valence electrons. The van der Waals surface area contributed by atoms with Crippen molar-refractivity contribution in [2.24, 2.45) is 5.92 Å². The van der Waals surface area contributed by atoms with Gasteiger partial charge in [-0.1, -0.05) is 0 Å². The molecule has 0 aromatic carbocycles. The highest BCUT2D eigenvalue weighted by Gasteiger charge is 2.25. The molecule has 1 fully saturated rings. The first-order valence-corrected chi connectivity index (χ1v) is 4.62. The van der Waals surface area contributed by atoms with E-state index < -0.39 is 5.60 Å². The molecule has 0 heterocycles. The van der Waals surface area contributed by atoms with Crippen LogP contribution in [-0.2, 0) is 14.3 Å². The molecule has 0 bridgehead atoms. The lowest BCUT2D eigenvalue weighted by molar-refractivity contribution is -0.158. The number of hydrogen-bond donors (Lipinski definition) is 0. The van der Waals surface area contributed by atoms with Gasteiger partial charge in [0, 0.05) is 13.8 Å². The van der Waals surface area contributed by atoms with Gasteiger partial charge in [0.15, 0.2) is 0 Å². The van der Waals surface area contributed by atoms with E-state index in [1.165, 1.54) is 12.8 Å². The van der Waals surface area contributed by atoms with Crippen molar-refractivity contribution in [2.75, 3.05) is 13.2 Å². The van der Waals surface area contributed by atoms with Gasteiger partial charge in [-0.25, -0.2) is 4.79 Å². The Morgan fingerprint density at radius 1 is 1.54 bits per heavy atom. The van der Waals surface area contributed by atoms with Crippen LogP contribution in [0.4, 0.5) is 0 Å². The molecule has 1 aliphatic carbocycles. The van der Waals surface area contributed by atoms with Crippen LogP contribution >= 0.6 is 0 Å². The lowest BCUT2D eigenvalue weighted by Gasteiger charge is -2.12. The summed E-state index contributed by atoms with van der Waals surface area (Å²) in [5, 5.41) is 0. The van der Waals surface area contributed by atoms with E-state index in [-0.39, 0.29) is 12.6 Å². The Hall–Kier alpha value is -0.700. The molecular weight excluding hydrogens is 168 g/mol. The second-order valence-electron chi connectivity index (χ2n) is 4.19. The fourth-order valence-corrected chi connectivity index (χ4v) is 0.931. The van der Waals surface area contributed by atoms with Gasteiger partial charge in [0.05, 0.1) is 6.61 Å². The molecule has 3 heteroatoms. The van der Waals surface area contributed by atoms with E-state index in [0.717, 1.165) is 0 Å². The number of carbonyl (C=O) groups excluding carboxylic acids is 1. The summed E-state index contributed by atoms with van der Waals surface area (Å²) in [4.78, 5) is 11.1. The number of carbonyl (C=O) groups is 1. The Kier molecular flexibility index (Phi) is 3.20. The maximum atomic E-state index is 11.1. The molecule has 0 unspecified atom stereocenters. The van der Waals surface area contributed by atoms with Crippen molar-refractivity contribution in [3.05, 3.63) is 6.92 Å². The van der Waals surface area contributed by atoms with Crippen LogP contribution in [-0.4, -0.2) is 24.8 Å². The monoisotopic (exact) mass is 185 g/mol. The number of esters is 1. The zero-order valence-electron chi connectivity index (χ0n) is 8.34. The summed E-state index contributed by atoms with van der Waals surface area (Å²) in [6.45, 7) is 7.89. The first-order chi connectivity index (χ1) is 5.97. The van der Waals surface area contributed by atoms with Crippen LogP contribution in [0, 0.1) is 12.8 Å². The third-order valence-electron chi connectivity index (χ3n) is 1.66. The lowest BCUT2D eigenvalue weighted by atomic mass is 10.2. The molecule has 0 N–H and O–H groups in total. The second-order valence-corrected chi connectivity index (χ2v) is 4.19. The molecule has 1 rings (SSSR count). The first kappa shape index (κ1) is 10.4. The molecule has 3 nitrogen and oxygen atoms in total. The van der Waals surface area contributed by atoms with Gasteiger partial charge in [0.2, 0.25) is 5.60 Å². The summed E-state index contributed by atoms with van der Waals surface area (Å²) >= 11 is 0. The molecule has 0 aromatic rings. The van der Waals surface area contributed by atoms with Crippen molar-refractivity contribution in [3.63, 3.8) is 0 Å². The third-order valence-corrected chi connectivity index (χ3v) is 1.66. The summed E-state index contributed by atoms with van der Waals surface area (Å²) in [6.07, 6.45) is 2.46. The van der Waals surface area contributed by atoms with Gasteiger partial charge in [-0.3, -0.25) is 0 Å². The predicted molar refractivity (Wildman–Crippen MR) is 49.1 cm³/mol. The Labute approximate surface area is 79.4 Å². The second kappa shape index (κ2) is 4.01. The topological polar surface area (TPSA) is 35.5 Å². The van der Waals surface area contributed by atoms with Gasteiger partial charge in [0.25, 0.3) is 0 Å². The van der Waals surface area contributed by atoms with Crippen LogP contribution in [0.1, 0.15) is 26.7 Å². The van der Waals surface area contributed by atoms with Gasteiger partial charge in [-0.2, -0.15) is 0 Å². The van der Waals surface area contributed by atoms with Crippen LogP contribution in [0.2, 0.25) is 0 Å². The van der Waals surface area contributed by atoms with E-state index in [1.54, 1.807) is 13.8 Å². The standard InChI is InChI=1S/C10H17O3/c1-10(2,3)13-9(11)7-12-6-8-4-5-8/h8H,1,4-7H2,2-3H3/q+1. The van der Waals surface area contributed by atoms with E-state index in [2.05, 4.69) is 6.92 Å². The highest BCUT2D eigenvalue weighted by atomic mass is 16.6. The molecule has 13 heavy (non-hydrogen) atoms. The largest absolute Gasteiger partial charge is 0.417 e. The Morgan fingerprint density at radius 2 is 2.15 bits per heavy atom. The van der Waals surface area contributed by atoms with Crippen molar-refractivity contribution in [2.45, 2.75) is 32.3 Å². The van der Waals surface area contributed by atoms with Gasteiger partial charge < -0.3 is 9.47 Å². The normalized spacial score (nSPS) is 17.1. The maximum absolute atomic E-state index is 11.1. The Bertz CT molecular complexity index is 177. The summed E-state index contributed by atoms with van der Waals surface area (Å²) in [7, 11) is 0. The van der Waals surface area contributed by atoms with Crippen LogP contribution in [0.25, 0.3) is 0 Å². The fourth-order valence-electron chi connectivity index (χ4n) is 0.931. The van der Waals surface area contributed by atoms with Crippen molar-refractivity contribution in [1.29, 1.82) is 0 Å². The minimum Gasteiger partial charge on any atom is -0.417 e. The van der Waals surface area contributed by atoms with Gasteiger partial charge in [-0.15, -0.1) is 0 Å². The van der Waals surface area contributed by atoms with E-state index >= 15 is 0 Å². The molecule has 1 aliphatic rings. The number of ether oxygens (including phenoxy) is 2. The van der Waals surface area contributed by atoms with Crippen LogP contribution in [0.15, 0.2) is 0 Å². The molecule has 0 aliphatic heterocycles. The van der Waals surface area contributed by atoms with Crippen LogP contribution < -0.4 is 0 Å². The predicted octanol–water partition coefficient (Wildman–Crippen LogP) is 1.57. The molecule has 0 aromatic heterocycles. The lowest BCUT2D eigenvalue weighted by Crippen LogP contribution is -2.27. The van der Waals surface area contributed by atoms with Crippen LogP contribution in [0.5, 0.6) is 0 Å². The van der Waals surface area contributed by atoms with Crippen molar-refractivity contribution in [1.82, 2.24) is 0 Å². The highest BCUT2D eigenvalue weighted by molar-refractivity contribution is 5.71. The Balaban J connectivity index is 2.02. The molecular formula is C10H17O3+. The minimum atomic E-state index is -0.653. The maximum Gasteiger partial charge on any atom is 0.335 e. The molecule has 1 saturated carbocycles. The number of rotatable bonds is 5. The van der Waals surface area contributed by atoms with Crippen molar-refractivity contribution >= 4 is 5.97 Å². The van der Waals surface area contributed by atoms with E-state index in [9.17, 15) is 4.79 Å². The van der Waals surface area contributed by atoms with E-state index in [0.29, 0.717) is 12.5 Å². The molecule has 0 amide bonds. The van der Waals surface area contributed by atoms with Crippen LogP contribution in [0.3, 0.4) is 0 Å². The average Bonchev–Trinajstić information content (AvgIpc) is 2.66. The van der Waals surface area contributed by atoms with Gasteiger partial charge >= 0.3 is 5.97 Å². The van der Waals surface area contributed by atoms with Gasteiger partial charge in [-0.05, 0) is 18.8 Å². The molecule has 0 saturated heterocycles. The molecule has 0 atom stereocenters. The minimum absolute atomic E-state index is 0.0510. The highest BCUT2D eigenvalue weighted by Crippen LogP contribution is 2.28.